The van der Waals surface area contributed by atoms with E-state index < -0.39 is 0 Å². The zero-order valence-electron chi connectivity index (χ0n) is 15.4. The molecule has 0 aliphatic carbocycles. The van der Waals surface area contributed by atoms with E-state index in [0.29, 0.717) is 18.0 Å². The monoisotopic (exact) mass is 372 g/mol. The van der Waals surface area contributed by atoms with E-state index in [2.05, 4.69) is 24.5 Å². The standard InChI is InChI=1S/C21H25ClN2O2/c1-14(2)18-9-4-6-15(3)21(18)24-20(26)13-19(25)23-11-10-16-7-5-8-17(22)12-16/h4-9,12,14H,10-11,13H2,1-3H3,(H,23,25)(H,24,26). The zero-order chi connectivity index (χ0) is 19.1. The van der Waals surface area contributed by atoms with Crippen molar-refractivity contribution in [2.24, 2.45) is 0 Å². The van der Waals surface area contributed by atoms with E-state index in [1.165, 1.54) is 0 Å². The molecule has 0 atom stereocenters. The molecule has 2 amide bonds. The van der Waals surface area contributed by atoms with Gasteiger partial charge in [0.1, 0.15) is 6.42 Å². The predicted octanol–water partition coefficient (Wildman–Crippen LogP) is 4.46. The average molecular weight is 373 g/mol. The van der Waals surface area contributed by atoms with Gasteiger partial charge in [0.25, 0.3) is 0 Å². The second-order valence-electron chi connectivity index (χ2n) is 6.65. The molecule has 2 aromatic carbocycles. The van der Waals surface area contributed by atoms with E-state index in [9.17, 15) is 9.59 Å². The molecule has 5 heteroatoms. The fraction of sp³-hybridized carbons (Fsp3) is 0.333. The number of hydrogen-bond donors (Lipinski definition) is 2. The summed E-state index contributed by atoms with van der Waals surface area (Å²) >= 11 is 5.94. The van der Waals surface area contributed by atoms with Gasteiger partial charge in [-0.2, -0.15) is 0 Å². The van der Waals surface area contributed by atoms with Crippen LogP contribution >= 0.6 is 11.6 Å². The lowest BCUT2D eigenvalue weighted by Gasteiger charge is -2.16. The van der Waals surface area contributed by atoms with Crippen molar-refractivity contribution < 1.29 is 9.59 Å². The molecular weight excluding hydrogens is 348 g/mol. The Balaban J connectivity index is 1.85. The van der Waals surface area contributed by atoms with Gasteiger partial charge < -0.3 is 10.6 Å². The number of anilines is 1. The van der Waals surface area contributed by atoms with Crippen LogP contribution in [0, 0.1) is 6.92 Å². The van der Waals surface area contributed by atoms with Gasteiger partial charge in [0.05, 0.1) is 0 Å². The first-order valence-electron chi connectivity index (χ1n) is 8.77. The molecule has 0 spiro atoms. The summed E-state index contributed by atoms with van der Waals surface area (Å²) in [6, 6.07) is 13.4. The smallest absolute Gasteiger partial charge is 0.233 e. The summed E-state index contributed by atoms with van der Waals surface area (Å²) in [6.07, 6.45) is 0.477. The van der Waals surface area contributed by atoms with Crippen molar-refractivity contribution in [2.45, 2.75) is 39.5 Å². The van der Waals surface area contributed by atoms with E-state index in [1.54, 1.807) is 0 Å². The van der Waals surface area contributed by atoms with Crippen LogP contribution in [0.15, 0.2) is 42.5 Å². The second-order valence-corrected chi connectivity index (χ2v) is 7.09. The minimum atomic E-state index is -0.304. The average Bonchev–Trinajstić information content (AvgIpc) is 2.56. The lowest BCUT2D eigenvalue weighted by Crippen LogP contribution is -2.30. The largest absolute Gasteiger partial charge is 0.355 e. The van der Waals surface area contributed by atoms with Gasteiger partial charge in [-0.25, -0.2) is 0 Å². The molecular formula is C21H25ClN2O2. The molecule has 0 radical (unpaired) electrons. The van der Waals surface area contributed by atoms with Crippen LogP contribution in [0.3, 0.4) is 0 Å². The number of nitrogens with one attached hydrogen (secondary N) is 2. The Kier molecular flexibility index (Phi) is 7.22. The topological polar surface area (TPSA) is 58.2 Å². The van der Waals surface area contributed by atoms with E-state index >= 15 is 0 Å². The summed E-state index contributed by atoms with van der Waals surface area (Å²) in [4.78, 5) is 24.2. The summed E-state index contributed by atoms with van der Waals surface area (Å²) in [6.45, 7) is 6.57. The van der Waals surface area contributed by atoms with Gasteiger partial charge >= 0.3 is 0 Å². The van der Waals surface area contributed by atoms with Gasteiger partial charge in [-0.05, 0) is 48.1 Å². The number of amides is 2. The summed E-state index contributed by atoms with van der Waals surface area (Å²) < 4.78 is 0. The van der Waals surface area contributed by atoms with E-state index in [4.69, 9.17) is 11.6 Å². The first kappa shape index (κ1) is 20.0. The van der Waals surface area contributed by atoms with Gasteiger partial charge in [0.2, 0.25) is 11.8 Å². The number of carbonyl (C=O) groups is 2. The number of halogens is 1. The van der Waals surface area contributed by atoms with Crippen LogP contribution in [0.1, 0.15) is 42.9 Å². The van der Waals surface area contributed by atoms with Gasteiger partial charge in [-0.3, -0.25) is 9.59 Å². The van der Waals surface area contributed by atoms with Crippen molar-refractivity contribution in [1.82, 2.24) is 5.32 Å². The fourth-order valence-electron chi connectivity index (χ4n) is 2.77. The Labute approximate surface area is 159 Å². The molecule has 0 heterocycles. The fourth-order valence-corrected chi connectivity index (χ4v) is 2.99. The molecule has 0 bridgehead atoms. The minimum Gasteiger partial charge on any atom is -0.355 e. The maximum atomic E-state index is 12.2. The van der Waals surface area contributed by atoms with Crippen LogP contribution in [-0.2, 0) is 16.0 Å². The molecule has 0 aromatic heterocycles. The van der Waals surface area contributed by atoms with Crippen molar-refractivity contribution in [2.75, 3.05) is 11.9 Å². The molecule has 4 nitrogen and oxygen atoms in total. The van der Waals surface area contributed by atoms with Crippen molar-refractivity contribution in [3.8, 4) is 0 Å². The molecule has 0 aliphatic rings. The Morgan fingerprint density at radius 2 is 1.81 bits per heavy atom. The van der Waals surface area contributed by atoms with Crippen LogP contribution in [0.25, 0.3) is 0 Å². The van der Waals surface area contributed by atoms with Crippen LogP contribution < -0.4 is 10.6 Å². The van der Waals surface area contributed by atoms with Crippen LogP contribution in [0.4, 0.5) is 5.69 Å². The van der Waals surface area contributed by atoms with Crippen LogP contribution in [-0.4, -0.2) is 18.4 Å². The highest BCUT2D eigenvalue weighted by molar-refractivity contribution is 6.30. The molecule has 0 aliphatic heterocycles. The van der Waals surface area contributed by atoms with E-state index in [0.717, 1.165) is 22.4 Å². The third-order valence-corrected chi connectivity index (χ3v) is 4.37. The number of aryl methyl sites for hydroxylation is 1. The van der Waals surface area contributed by atoms with Gasteiger partial charge in [0, 0.05) is 17.3 Å². The first-order chi connectivity index (χ1) is 12.4. The zero-order valence-corrected chi connectivity index (χ0v) is 16.2. The number of hydrogen-bond acceptors (Lipinski definition) is 2. The number of benzene rings is 2. The molecule has 0 saturated carbocycles. The van der Waals surface area contributed by atoms with E-state index in [-0.39, 0.29) is 24.2 Å². The Bertz CT molecular complexity index is 787. The van der Waals surface area contributed by atoms with E-state index in [1.807, 2.05) is 49.4 Å². The lowest BCUT2D eigenvalue weighted by atomic mass is 9.98. The maximum Gasteiger partial charge on any atom is 0.233 e. The normalized spacial score (nSPS) is 10.7. The van der Waals surface area contributed by atoms with Crippen molar-refractivity contribution in [3.05, 3.63) is 64.2 Å². The number of carbonyl (C=O) groups excluding carboxylic acids is 2. The summed E-state index contributed by atoms with van der Waals surface area (Å²) in [5.41, 5.74) is 3.91. The van der Waals surface area contributed by atoms with Crippen LogP contribution in [0.2, 0.25) is 5.02 Å². The molecule has 0 fully saturated rings. The first-order valence-corrected chi connectivity index (χ1v) is 9.15. The molecule has 0 unspecified atom stereocenters. The number of rotatable bonds is 7. The molecule has 2 N–H and O–H groups in total. The minimum absolute atomic E-state index is 0.193. The van der Waals surface area contributed by atoms with Crippen molar-refractivity contribution in [1.29, 1.82) is 0 Å². The molecule has 2 rings (SSSR count). The molecule has 0 saturated heterocycles. The number of para-hydroxylation sites is 1. The van der Waals surface area contributed by atoms with Gasteiger partial charge in [-0.15, -0.1) is 0 Å². The summed E-state index contributed by atoms with van der Waals surface area (Å²) in [7, 11) is 0. The van der Waals surface area contributed by atoms with Crippen molar-refractivity contribution in [3.63, 3.8) is 0 Å². The Hall–Kier alpha value is -2.33. The summed E-state index contributed by atoms with van der Waals surface area (Å²) in [5.74, 6) is -0.303. The molecule has 26 heavy (non-hydrogen) atoms. The maximum absolute atomic E-state index is 12.2. The highest BCUT2D eigenvalue weighted by Gasteiger charge is 2.14. The second kappa shape index (κ2) is 9.39. The SMILES string of the molecule is Cc1cccc(C(C)C)c1NC(=O)CC(=O)NCCc1cccc(Cl)c1. The Morgan fingerprint density at radius 3 is 2.50 bits per heavy atom. The van der Waals surface area contributed by atoms with Crippen LogP contribution in [0.5, 0.6) is 0 Å². The predicted molar refractivity (Wildman–Crippen MR) is 107 cm³/mol. The summed E-state index contributed by atoms with van der Waals surface area (Å²) in [5, 5.41) is 6.34. The van der Waals surface area contributed by atoms with Crippen molar-refractivity contribution >= 4 is 29.1 Å². The third-order valence-electron chi connectivity index (χ3n) is 4.14. The molecule has 2 aromatic rings. The Morgan fingerprint density at radius 1 is 1.08 bits per heavy atom. The quantitative estimate of drug-likeness (QED) is 0.705. The highest BCUT2D eigenvalue weighted by atomic mass is 35.5. The van der Waals surface area contributed by atoms with Gasteiger partial charge in [0.15, 0.2) is 0 Å². The highest BCUT2D eigenvalue weighted by Crippen LogP contribution is 2.27. The lowest BCUT2D eigenvalue weighted by molar-refractivity contribution is -0.126. The third kappa shape index (κ3) is 5.88. The molecule has 138 valence electrons. The van der Waals surface area contributed by atoms with Gasteiger partial charge in [-0.1, -0.05) is 55.8 Å².